The summed E-state index contributed by atoms with van der Waals surface area (Å²) in [6, 6.07) is 9.99. The van der Waals surface area contributed by atoms with Crippen LogP contribution in [-0.2, 0) is 4.74 Å². The number of carbonyl (C=O) groups is 2. The summed E-state index contributed by atoms with van der Waals surface area (Å²) < 4.78 is 16.0. The van der Waals surface area contributed by atoms with Crippen LogP contribution in [0.2, 0.25) is 0 Å². The SMILES string of the molecule is CCOC(=O)Nc1cc(OC(=O)c2cccnc2)ccc1-c1cc(=O)c2cc(O)cnc2o1. The number of aromatic hydroxyl groups is 1. The lowest BCUT2D eigenvalue weighted by atomic mass is 10.1. The molecule has 2 N–H and O–H groups in total. The summed E-state index contributed by atoms with van der Waals surface area (Å²) in [5.74, 6) is -0.584. The van der Waals surface area contributed by atoms with Crippen molar-refractivity contribution in [2.24, 2.45) is 0 Å². The first-order valence-electron chi connectivity index (χ1n) is 9.78. The molecule has 0 spiro atoms. The van der Waals surface area contributed by atoms with Crippen molar-refractivity contribution >= 4 is 28.8 Å². The molecule has 0 saturated heterocycles. The summed E-state index contributed by atoms with van der Waals surface area (Å²) in [4.78, 5) is 44.8. The Bertz CT molecular complexity index is 1400. The average Bonchev–Trinajstić information content (AvgIpc) is 2.80. The van der Waals surface area contributed by atoms with E-state index in [0.29, 0.717) is 5.56 Å². The summed E-state index contributed by atoms with van der Waals surface area (Å²) in [6.07, 6.45) is 3.29. The Kier molecular flexibility index (Phi) is 5.98. The number of anilines is 1. The Labute approximate surface area is 186 Å². The first-order valence-corrected chi connectivity index (χ1v) is 9.78. The van der Waals surface area contributed by atoms with Crippen LogP contribution in [0.4, 0.5) is 10.5 Å². The lowest BCUT2D eigenvalue weighted by molar-refractivity contribution is 0.0734. The molecular formula is C23H17N3O7. The Morgan fingerprint density at radius 3 is 2.76 bits per heavy atom. The van der Waals surface area contributed by atoms with E-state index in [9.17, 15) is 19.5 Å². The predicted molar refractivity (Wildman–Crippen MR) is 117 cm³/mol. The molecule has 0 radical (unpaired) electrons. The molecule has 0 unspecified atom stereocenters. The Morgan fingerprint density at radius 1 is 1.15 bits per heavy atom. The van der Waals surface area contributed by atoms with Crippen molar-refractivity contribution < 1.29 is 28.6 Å². The highest BCUT2D eigenvalue weighted by Gasteiger charge is 2.17. The number of carbonyl (C=O) groups excluding carboxylic acids is 2. The molecule has 0 aliphatic carbocycles. The molecule has 0 aliphatic rings. The molecule has 4 aromatic rings. The summed E-state index contributed by atoms with van der Waals surface area (Å²) in [6.45, 7) is 1.78. The number of esters is 1. The lowest BCUT2D eigenvalue weighted by Crippen LogP contribution is -2.15. The van der Waals surface area contributed by atoms with E-state index in [4.69, 9.17) is 13.9 Å². The molecule has 4 rings (SSSR count). The van der Waals surface area contributed by atoms with Crippen molar-refractivity contribution in [3.05, 3.63) is 76.8 Å². The zero-order chi connectivity index (χ0) is 23.4. The van der Waals surface area contributed by atoms with Gasteiger partial charge in [0, 0.05) is 30.1 Å². The van der Waals surface area contributed by atoms with E-state index < -0.39 is 17.5 Å². The van der Waals surface area contributed by atoms with Crippen LogP contribution >= 0.6 is 0 Å². The third-order valence-corrected chi connectivity index (χ3v) is 4.45. The maximum absolute atomic E-state index is 12.5. The van der Waals surface area contributed by atoms with Gasteiger partial charge in [0.1, 0.15) is 17.3 Å². The Morgan fingerprint density at radius 2 is 2.00 bits per heavy atom. The van der Waals surface area contributed by atoms with Gasteiger partial charge in [0.2, 0.25) is 5.71 Å². The lowest BCUT2D eigenvalue weighted by Gasteiger charge is -2.13. The fourth-order valence-electron chi connectivity index (χ4n) is 2.99. The number of ether oxygens (including phenoxy) is 2. The summed E-state index contributed by atoms with van der Waals surface area (Å²) >= 11 is 0. The normalized spacial score (nSPS) is 10.6. The number of rotatable bonds is 5. The summed E-state index contributed by atoms with van der Waals surface area (Å²) in [5, 5.41) is 12.2. The topological polar surface area (TPSA) is 141 Å². The molecule has 10 heteroatoms. The van der Waals surface area contributed by atoms with E-state index >= 15 is 0 Å². The summed E-state index contributed by atoms with van der Waals surface area (Å²) in [7, 11) is 0. The molecule has 0 bridgehead atoms. The standard InChI is InChI=1S/C23H17N3O7/c1-2-31-23(30)26-18-9-15(32-22(29)13-4-3-7-24-11-13)5-6-16(18)20-10-19(28)17-8-14(27)12-25-21(17)33-20/h3-12,27H,2H2,1H3,(H,26,30). The minimum atomic E-state index is -0.749. The molecule has 3 heterocycles. The zero-order valence-electron chi connectivity index (χ0n) is 17.3. The van der Waals surface area contributed by atoms with Gasteiger partial charge in [0.25, 0.3) is 0 Å². The van der Waals surface area contributed by atoms with Crippen molar-refractivity contribution in [1.82, 2.24) is 9.97 Å². The second kappa shape index (κ2) is 9.18. The highest BCUT2D eigenvalue weighted by Crippen LogP contribution is 2.33. The van der Waals surface area contributed by atoms with E-state index in [-0.39, 0.29) is 46.2 Å². The zero-order valence-corrected chi connectivity index (χ0v) is 17.3. The number of nitrogens with one attached hydrogen (secondary N) is 1. The molecule has 0 fully saturated rings. The molecular weight excluding hydrogens is 430 g/mol. The fourth-order valence-corrected chi connectivity index (χ4v) is 2.99. The van der Waals surface area contributed by atoms with Crippen molar-refractivity contribution in [2.75, 3.05) is 11.9 Å². The predicted octanol–water partition coefficient (Wildman–Crippen LogP) is 3.74. The van der Waals surface area contributed by atoms with Crippen LogP contribution in [0.25, 0.3) is 22.4 Å². The molecule has 166 valence electrons. The molecule has 1 aromatic carbocycles. The van der Waals surface area contributed by atoms with Crippen LogP contribution in [-0.4, -0.2) is 33.7 Å². The monoisotopic (exact) mass is 447 g/mol. The van der Waals surface area contributed by atoms with E-state index in [0.717, 1.165) is 6.20 Å². The minimum absolute atomic E-state index is 0.00414. The van der Waals surface area contributed by atoms with Gasteiger partial charge in [0.05, 0.1) is 29.4 Å². The van der Waals surface area contributed by atoms with Gasteiger partial charge in [-0.15, -0.1) is 0 Å². The number of hydrogen-bond acceptors (Lipinski definition) is 9. The number of amides is 1. The largest absolute Gasteiger partial charge is 0.506 e. The van der Waals surface area contributed by atoms with Crippen LogP contribution in [0.1, 0.15) is 17.3 Å². The molecule has 0 aliphatic heterocycles. The number of pyridine rings is 2. The van der Waals surface area contributed by atoms with Gasteiger partial charge in [-0.1, -0.05) is 0 Å². The molecule has 3 aromatic heterocycles. The Balaban J connectivity index is 1.75. The first kappa shape index (κ1) is 21.5. The number of nitrogens with zero attached hydrogens (tertiary/aromatic N) is 2. The van der Waals surface area contributed by atoms with Crippen LogP contribution in [0, 0.1) is 0 Å². The quantitative estimate of drug-likeness (QED) is 0.346. The van der Waals surface area contributed by atoms with Gasteiger partial charge < -0.3 is 19.0 Å². The third-order valence-electron chi connectivity index (χ3n) is 4.45. The second-order valence-corrected chi connectivity index (χ2v) is 6.71. The molecule has 33 heavy (non-hydrogen) atoms. The third kappa shape index (κ3) is 4.79. The van der Waals surface area contributed by atoms with Crippen LogP contribution in [0.5, 0.6) is 11.5 Å². The molecule has 0 atom stereocenters. The van der Waals surface area contributed by atoms with E-state index in [2.05, 4.69) is 15.3 Å². The van der Waals surface area contributed by atoms with Crippen molar-refractivity contribution in [3.8, 4) is 22.8 Å². The average molecular weight is 447 g/mol. The highest BCUT2D eigenvalue weighted by molar-refractivity contribution is 5.93. The maximum Gasteiger partial charge on any atom is 0.411 e. The van der Waals surface area contributed by atoms with Gasteiger partial charge in [0.15, 0.2) is 5.43 Å². The summed E-state index contributed by atoms with van der Waals surface area (Å²) in [5.41, 5.74) is 0.300. The van der Waals surface area contributed by atoms with Crippen molar-refractivity contribution in [2.45, 2.75) is 6.92 Å². The molecule has 0 saturated carbocycles. The number of benzene rings is 1. The van der Waals surface area contributed by atoms with Crippen LogP contribution in [0.3, 0.4) is 0 Å². The molecule has 10 nitrogen and oxygen atoms in total. The van der Waals surface area contributed by atoms with Crippen LogP contribution < -0.4 is 15.5 Å². The van der Waals surface area contributed by atoms with E-state index in [1.165, 1.54) is 42.7 Å². The Hall–Kier alpha value is -4.73. The number of aromatic nitrogens is 2. The van der Waals surface area contributed by atoms with Gasteiger partial charge in [-0.3, -0.25) is 15.1 Å². The minimum Gasteiger partial charge on any atom is -0.506 e. The molecule has 1 amide bonds. The fraction of sp³-hybridized carbons (Fsp3) is 0.0870. The highest BCUT2D eigenvalue weighted by atomic mass is 16.5. The van der Waals surface area contributed by atoms with Crippen LogP contribution in [0.15, 0.2) is 70.3 Å². The van der Waals surface area contributed by atoms with Gasteiger partial charge in [-0.05, 0) is 37.3 Å². The second-order valence-electron chi connectivity index (χ2n) is 6.71. The smallest absolute Gasteiger partial charge is 0.411 e. The van der Waals surface area contributed by atoms with Gasteiger partial charge in [-0.25, -0.2) is 14.6 Å². The van der Waals surface area contributed by atoms with Crippen molar-refractivity contribution in [1.29, 1.82) is 0 Å². The van der Waals surface area contributed by atoms with Gasteiger partial charge in [-0.2, -0.15) is 0 Å². The van der Waals surface area contributed by atoms with Crippen molar-refractivity contribution in [3.63, 3.8) is 0 Å². The number of hydrogen-bond donors (Lipinski definition) is 2. The first-order chi connectivity index (χ1) is 15.9. The van der Waals surface area contributed by atoms with Gasteiger partial charge >= 0.3 is 12.1 Å². The van der Waals surface area contributed by atoms with E-state index in [1.54, 1.807) is 19.1 Å². The van der Waals surface area contributed by atoms with E-state index in [1.807, 2.05) is 0 Å². The maximum atomic E-state index is 12.5. The number of fused-ring (bicyclic) bond motifs is 1.